The van der Waals surface area contributed by atoms with Crippen molar-refractivity contribution >= 4 is 71.1 Å². The average Bonchev–Trinajstić information content (AvgIpc) is 3.88. The fourth-order valence-electron chi connectivity index (χ4n) is 8.68. The number of rotatable bonds is 4. The minimum absolute atomic E-state index is 0.596. The molecule has 0 bridgehead atoms. The molecule has 3 aromatic heterocycles. The zero-order chi connectivity index (χ0) is 36.6. The van der Waals surface area contributed by atoms with Crippen molar-refractivity contribution in [3.63, 3.8) is 0 Å². The van der Waals surface area contributed by atoms with E-state index in [0.29, 0.717) is 11.3 Å². The third-order valence-electron chi connectivity index (χ3n) is 11.1. The molecule has 11 rings (SSSR count). The van der Waals surface area contributed by atoms with Gasteiger partial charge >= 0.3 is 0 Å². The van der Waals surface area contributed by atoms with Crippen LogP contribution in [0.25, 0.3) is 98.5 Å². The fourth-order valence-corrected chi connectivity index (χ4v) is 8.68. The number of benzene rings is 8. The van der Waals surface area contributed by atoms with Gasteiger partial charge in [0.2, 0.25) is 0 Å². The van der Waals surface area contributed by atoms with E-state index in [4.69, 9.17) is 6.57 Å². The first-order valence-electron chi connectivity index (χ1n) is 18.3. The molecule has 55 heavy (non-hydrogen) atoms. The van der Waals surface area contributed by atoms with E-state index in [2.05, 4.69) is 176 Å². The summed E-state index contributed by atoms with van der Waals surface area (Å²) < 4.78 is 6.85. The lowest BCUT2D eigenvalue weighted by Gasteiger charge is -2.15. The summed E-state index contributed by atoms with van der Waals surface area (Å²) in [6, 6.07) is 63.8. The van der Waals surface area contributed by atoms with Gasteiger partial charge in [0.15, 0.2) is 5.69 Å². The van der Waals surface area contributed by atoms with Gasteiger partial charge in [-0.2, -0.15) is 5.26 Å². The Morgan fingerprint density at radius 1 is 0.400 bits per heavy atom. The predicted molar refractivity (Wildman–Crippen MR) is 226 cm³/mol. The van der Waals surface area contributed by atoms with Crippen LogP contribution in [-0.4, -0.2) is 13.7 Å². The topological polar surface area (TPSA) is 42.9 Å². The molecule has 11 aromatic rings. The van der Waals surface area contributed by atoms with Crippen molar-refractivity contribution in [3.8, 4) is 34.3 Å². The number of hydrogen-bond acceptors (Lipinski definition) is 1. The van der Waals surface area contributed by atoms with E-state index in [9.17, 15) is 5.26 Å². The first-order valence-corrected chi connectivity index (χ1v) is 18.3. The van der Waals surface area contributed by atoms with Gasteiger partial charge < -0.3 is 13.7 Å². The zero-order valence-electron chi connectivity index (χ0n) is 29.5. The van der Waals surface area contributed by atoms with E-state index >= 15 is 0 Å². The largest absolute Gasteiger partial charge is 0.310 e. The van der Waals surface area contributed by atoms with Crippen LogP contribution in [0.2, 0.25) is 0 Å². The van der Waals surface area contributed by atoms with Crippen LogP contribution in [0.15, 0.2) is 176 Å². The second-order valence-electron chi connectivity index (χ2n) is 14.0. The lowest BCUT2D eigenvalue weighted by molar-refractivity contribution is 1.15. The Morgan fingerprint density at radius 3 is 1.49 bits per heavy atom. The highest BCUT2D eigenvalue weighted by atomic mass is 15.0. The molecular formula is C50H29N5. The summed E-state index contributed by atoms with van der Waals surface area (Å²) in [6.07, 6.45) is 0. The number of fused-ring (bicyclic) bond motifs is 9. The summed E-state index contributed by atoms with van der Waals surface area (Å²) in [7, 11) is 0. The highest BCUT2D eigenvalue weighted by Gasteiger charge is 2.19. The van der Waals surface area contributed by atoms with Crippen LogP contribution >= 0.6 is 0 Å². The number of nitrogens with zero attached hydrogens (tertiary/aromatic N) is 5. The standard InChI is InChI=1S/C50H29N5/c1-52-35-23-25-42-40-15-4-8-19-46(40)54(49(42)29-35)36-12-10-11-32(27-36)33-21-22-34(31-51)48(28-33)55-47-20-9-5-16-41(47)43-26-24-37(30-50(43)55)53-44-17-6-2-13-38(44)39-14-3-7-18-45(39)53/h2-30H. The number of para-hydroxylation sites is 4. The Morgan fingerprint density at radius 2 is 0.891 bits per heavy atom. The molecule has 8 aromatic carbocycles. The van der Waals surface area contributed by atoms with Crippen LogP contribution in [0, 0.1) is 17.9 Å². The van der Waals surface area contributed by atoms with Crippen molar-refractivity contribution < 1.29 is 0 Å². The predicted octanol–water partition coefficient (Wildman–Crippen LogP) is 13.1. The van der Waals surface area contributed by atoms with Crippen LogP contribution in [-0.2, 0) is 0 Å². The minimum atomic E-state index is 0.596. The van der Waals surface area contributed by atoms with Gasteiger partial charge in [0, 0.05) is 49.2 Å². The summed E-state index contributed by atoms with van der Waals surface area (Å²) in [5.41, 5.74) is 12.6. The van der Waals surface area contributed by atoms with Crippen LogP contribution in [0.3, 0.4) is 0 Å². The van der Waals surface area contributed by atoms with Crippen molar-refractivity contribution in [2.75, 3.05) is 0 Å². The third kappa shape index (κ3) is 4.51. The van der Waals surface area contributed by atoms with Crippen molar-refractivity contribution in [1.29, 1.82) is 5.26 Å². The van der Waals surface area contributed by atoms with E-state index < -0.39 is 0 Å². The van der Waals surface area contributed by atoms with Crippen molar-refractivity contribution in [2.24, 2.45) is 0 Å². The minimum Gasteiger partial charge on any atom is -0.310 e. The second-order valence-corrected chi connectivity index (χ2v) is 14.0. The maximum atomic E-state index is 10.6. The first kappa shape index (κ1) is 30.7. The molecule has 3 heterocycles. The molecule has 0 amide bonds. The molecule has 0 fully saturated rings. The maximum Gasteiger partial charge on any atom is 0.189 e. The number of aromatic nitrogens is 3. The van der Waals surface area contributed by atoms with Gasteiger partial charge in [-0.05, 0) is 77.9 Å². The van der Waals surface area contributed by atoms with Gasteiger partial charge in [-0.1, -0.05) is 109 Å². The molecule has 5 nitrogen and oxygen atoms in total. The molecule has 5 heteroatoms. The Hall–Kier alpha value is -7.86. The molecule has 0 aliphatic rings. The Kier molecular flexibility index (Phi) is 6.61. The molecule has 0 saturated heterocycles. The third-order valence-corrected chi connectivity index (χ3v) is 11.1. The Bertz CT molecular complexity index is 3420. The highest BCUT2D eigenvalue weighted by Crippen LogP contribution is 2.39. The van der Waals surface area contributed by atoms with Gasteiger partial charge in [0.05, 0.1) is 45.4 Å². The summed E-state index contributed by atoms with van der Waals surface area (Å²) >= 11 is 0. The van der Waals surface area contributed by atoms with Crippen LogP contribution < -0.4 is 0 Å². The lowest BCUT2D eigenvalue weighted by Crippen LogP contribution is -2.00. The van der Waals surface area contributed by atoms with Crippen molar-refractivity contribution in [1.82, 2.24) is 13.7 Å². The Labute approximate surface area is 316 Å². The van der Waals surface area contributed by atoms with Crippen LogP contribution in [0.5, 0.6) is 0 Å². The zero-order valence-corrected chi connectivity index (χ0v) is 29.5. The summed E-state index contributed by atoms with van der Waals surface area (Å²) in [6.45, 7) is 7.69. The number of nitriles is 1. The molecule has 0 saturated carbocycles. The van der Waals surface area contributed by atoms with Crippen LogP contribution in [0.4, 0.5) is 5.69 Å². The lowest BCUT2D eigenvalue weighted by atomic mass is 10.0. The summed E-state index contributed by atoms with van der Waals surface area (Å²) in [5, 5.41) is 17.5. The highest BCUT2D eigenvalue weighted by molar-refractivity contribution is 6.13. The molecular weight excluding hydrogens is 671 g/mol. The average molecular weight is 700 g/mol. The van der Waals surface area contributed by atoms with Gasteiger partial charge in [-0.15, -0.1) is 0 Å². The van der Waals surface area contributed by atoms with Gasteiger partial charge in [0.25, 0.3) is 0 Å². The van der Waals surface area contributed by atoms with Crippen LogP contribution in [0.1, 0.15) is 5.56 Å². The second kappa shape index (κ2) is 11.8. The quantitative estimate of drug-likeness (QED) is 0.169. The molecule has 0 radical (unpaired) electrons. The van der Waals surface area contributed by atoms with E-state index in [-0.39, 0.29) is 0 Å². The molecule has 0 aliphatic heterocycles. The molecule has 0 atom stereocenters. The van der Waals surface area contributed by atoms with E-state index in [1.807, 2.05) is 24.3 Å². The van der Waals surface area contributed by atoms with Gasteiger partial charge in [0.1, 0.15) is 6.07 Å². The summed E-state index contributed by atoms with van der Waals surface area (Å²) in [5.74, 6) is 0. The van der Waals surface area contributed by atoms with Gasteiger partial charge in [-0.3, -0.25) is 0 Å². The van der Waals surface area contributed by atoms with Crippen molar-refractivity contribution in [3.05, 3.63) is 193 Å². The molecule has 0 unspecified atom stereocenters. The van der Waals surface area contributed by atoms with Crippen molar-refractivity contribution in [2.45, 2.75) is 0 Å². The molecule has 0 N–H and O–H groups in total. The SMILES string of the molecule is [C-]#[N+]c1ccc2c3ccccc3n(-c3cccc(-c4ccc(C#N)c(-n5c6ccccc6c6ccc(-n7c8ccccc8c8ccccc87)cc65)c4)c3)c2c1. The molecule has 0 spiro atoms. The smallest absolute Gasteiger partial charge is 0.189 e. The molecule has 254 valence electrons. The Balaban J connectivity index is 1.13. The van der Waals surface area contributed by atoms with E-state index in [1.165, 1.54) is 10.8 Å². The maximum absolute atomic E-state index is 10.6. The summed E-state index contributed by atoms with van der Waals surface area (Å²) in [4.78, 5) is 3.74. The fraction of sp³-hybridized carbons (Fsp3) is 0. The molecule has 0 aliphatic carbocycles. The van der Waals surface area contributed by atoms with Gasteiger partial charge in [-0.25, -0.2) is 4.85 Å². The number of hydrogen-bond donors (Lipinski definition) is 0. The normalized spacial score (nSPS) is 11.6. The van der Waals surface area contributed by atoms with E-state index in [0.717, 1.165) is 82.8 Å². The monoisotopic (exact) mass is 699 g/mol. The first-order chi connectivity index (χ1) is 27.2. The van der Waals surface area contributed by atoms with E-state index in [1.54, 1.807) is 0 Å².